The third-order valence-electron chi connectivity index (χ3n) is 3.78. The monoisotopic (exact) mass is 334 g/mol. The summed E-state index contributed by atoms with van der Waals surface area (Å²) < 4.78 is 5.01. The average Bonchev–Trinajstić information content (AvgIpc) is 3.31. The molecule has 130 valence electrons. The molecule has 0 aliphatic heterocycles. The number of carbonyl (C=O) groups excluding carboxylic acids is 2. The van der Waals surface area contributed by atoms with Crippen LogP contribution in [0.2, 0.25) is 0 Å². The molecule has 0 saturated heterocycles. The third-order valence-corrected chi connectivity index (χ3v) is 3.78. The van der Waals surface area contributed by atoms with Gasteiger partial charge in [-0.15, -0.1) is 0 Å². The molecule has 0 bridgehead atoms. The number of carboxylic acid groups (broad SMARTS) is 1. The van der Waals surface area contributed by atoms with E-state index >= 15 is 0 Å². The molecule has 3 N–H and O–H groups in total. The Balaban J connectivity index is 2.00. The predicted molar refractivity (Wildman–Crippen MR) is 87.8 cm³/mol. The van der Waals surface area contributed by atoms with Crippen molar-refractivity contribution in [1.82, 2.24) is 5.32 Å². The second-order valence-electron chi connectivity index (χ2n) is 6.36. The van der Waals surface area contributed by atoms with Gasteiger partial charge in [0.25, 0.3) is 5.91 Å². The van der Waals surface area contributed by atoms with Crippen molar-refractivity contribution in [2.75, 3.05) is 19.0 Å². The molecule has 0 aromatic heterocycles. The summed E-state index contributed by atoms with van der Waals surface area (Å²) in [7, 11) is 1.45. The molecule has 1 aliphatic carbocycles. The Hall–Kier alpha value is -2.41. The number of rotatable bonds is 8. The highest BCUT2D eigenvalue weighted by molar-refractivity contribution is 5.97. The Morgan fingerprint density at radius 3 is 2.38 bits per heavy atom. The van der Waals surface area contributed by atoms with E-state index in [1.807, 2.05) is 0 Å². The fraction of sp³-hybridized carbons (Fsp3) is 0.471. The predicted octanol–water partition coefficient (Wildman–Crippen LogP) is 1.64. The van der Waals surface area contributed by atoms with Crippen LogP contribution in [0.25, 0.3) is 0 Å². The van der Waals surface area contributed by atoms with Gasteiger partial charge in [0.05, 0.1) is 18.6 Å². The van der Waals surface area contributed by atoms with Gasteiger partial charge in [-0.05, 0) is 44.0 Å². The standard InChI is InChI=1S/C17H22N2O5/c1-17(10-24-2,9-14(20)21)19-16(23)12-5-7-13(8-6-12)18-15(22)11-3-4-11/h5-8,11H,3-4,9-10H2,1-2H3,(H,18,22)(H,19,23)(H,20,21). The number of benzene rings is 1. The molecule has 1 saturated carbocycles. The number of methoxy groups -OCH3 is 1. The number of anilines is 1. The number of carbonyl (C=O) groups is 3. The summed E-state index contributed by atoms with van der Waals surface area (Å²) in [5.41, 5.74) is 0.0112. The van der Waals surface area contributed by atoms with Crippen LogP contribution < -0.4 is 10.6 Å². The molecular formula is C17H22N2O5. The summed E-state index contributed by atoms with van der Waals surface area (Å²) in [6.45, 7) is 1.70. The molecule has 0 spiro atoms. The van der Waals surface area contributed by atoms with E-state index in [4.69, 9.17) is 9.84 Å². The lowest BCUT2D eigenvalue weighted by Crippen LogP contribution is -2.50. The molecule has 1 aromatic rings. The highest BCUT2D eigenvalue weighted by atomic mass is 16.5. The smallest absolute Gasteiger partial charge is 0.305 e. The average molecular weight is 334 g/mol. The van der Waals surface area contributed by atoms with Crippen LogP contribution in [0.1, 0.15) is 36.5 Å². The minimum Gasteiger partial charge on any atom is -0.481 e. The Morgan fingerprint density at radius 2 is 1.88 bits per heavy atom. The number of ether oxygens (including phenoxy) is 1. The molecule has 1 aromatic carbocycles. The highest BCUT2D eigenvalue weighted by Crippen LogP contribution is 2.30. The highest BCUT2D eigenvalue weighted by Gasteiger charge is 2.31. The van der Waals surface area contributed by atoms with Crippen molar-refractivity contribution in [2.45, 2.75) is 31.7 Å². The minimum atomic E-state index is -1.02. The number of carboxylic acids is 1. The summed E-state index contributed by atoms with van der Waals surface area (Å²) >= 11 is 0. The third kappa shape index (κ3) is 5.06. The van der Waals surface area contributed by atoms with E-state index in [9.17, 15) is 14.4 Å². The van der Waals surface area contributed by atoms with E-state index < -0.39 is 17.4 Å². The molecule has 1 aliphatic rings. The molecule has 0 heterocycles. The van der Waals surface area contributed by atoms with E-state index in [-0.39, 0.29) is 24.9 Å². The first-order chi connectivity index (χ1) is 11.3. The summed E-state index contributed by atoms with van der Waals surface area (Å²) in [6.07, 6.45) is 1.60. The number of hydrogen-bond acceptors (Lipinski definition) is 4. The van der Waals surface area contributed by atoms with Crippen LogP contribution in [0.15, 0.2) is 24.3 Å². The molecule has 1 fully saturated rings. The fourth-order valence-electron chi connectivity index (χ4n) is 2.42. The Bertz CT molecular complexity index is 624. The summed E-state index contributed by atoms with van der Waals surface area (Å²) in [6, 6.07) is 6.48. The lowest BCUT2D eigenvalue weighted by atomic mass is 9.98. The van der Waals surface area contributed by atoms with Gasteiger partial charge in [-0.1, -0.05) is 0 Å². The summed E-state index contributed by atoms with van der Waals surface area (Å²) in [4.78, 5) is 35.0. The zero-order chi connectivity index (χ0) is 17.7. The van der Waals surface area contributed by atoms with Crippen molar-refractivity contribution in [2.24, 2.45) is 5.92 Å². The lowest BCUT2D eigenvalue weighted by molar-refractivity contribution is -0.139. The van der Waals surface area contributed by atoms with Gasteiger partial charge < -0.3 is 20.5 Å². The second kappa shape index (κ2) is 7.44. The largest absolute Gasteiger partial charge is 0.481 e. The van der Waals surface area contributed by atoms with Crippen molar-refractivity contribution in [3.05, 3.63) is 29.8 Å². The SMILES string of the molecule is COCC(C)(CC(=O)O)NC(=O)c1ccc(NC(=O)C2CC2)cc1. The van der Waals surface area contributed by atoms with E-state index in [0.717, 1.165) is 12.8 Å². The zero-order valence-corrected chi connectivity index (χ0v) is 13.8. The molecule has 2 amide bonds. The van der Waals surface area contributed by atoms with Crippen LogP contribution >= 0.6 is 0 Å². The quantitative estimate of drug-likeness (QED) is 0.670. The van der Waals surface area contributed by atoms with Crippen molar-refractivity contribution in [3.63, 3.8) is 0 Å². The molecule has 7 nitrogen and oxygen atoms in total. The van der Waals surface area contributed by atoms with Crippen molar-refractivity contribution >= 4 is 23.5 Å². The minimum absolute atomic E-state index is 0.00123. The van der Waals surface area contributed by atoms with E-state index in [1.165, 1.54) is 7.11 Å². The maximum absolute atomic E-state index is 12.3. The van der Waals surface area contributed by atoms with Gasteiger partial charge in [-0.3, -0.25) is 14.4 Å². The van der Waals surface area contributed by atoms with Gasteiger partial charge in [0.15, 0.2) is 0 Å². The van der Waals surface area contributed by atoms with Crippen LogP contribution in [-0.4, -0.2) is 42.1 Å². The molecule has 2 rings (SSSR count). The van der Waals surface area contributed by atoms with Gasteiger partial charge in [0, 0.05) is 24.3 Å². The molecule has 1 unspecified atom stereocenters. The first-order valence-corrected chi connectivity index (χ1v) is 7.77. The number of hydrogen-bond donors (Lipinski definition) is 3. The number of amides is 2. The molecular weight excluding hydrogens is 312 g/mol. The first-order valence-electron chi connectivity index (χ1n) is 7.77. The van der Waals surface area contributed by atoms with Gasteiger partial charge in [0.2, 0.25) is 5.91 Å². The summed E-state index contributed by atoms with van der Waals surface area (Å²) in [5.74, 6) is -1.30. The van der Waals surface area contributed by atoms with Crippen LogP contribution in [-0.2, 0) is 14.3 Å². The van der Waals surface area contributed by atoms with Crippen LogP contribution in [0.3, 0.4) is 0 Å². The number of aliphatic carboxylic acids is 1. The van der Waals surface area contributed by atoms with Crippen LogP contribution in [0.4, 0.5) is 5.69 Å². The second-order valence-corrected chi connectivity index (χ2v) is 6.36. The zero-order valence-electron chi connectivity index (χ0n) is 13.8. The maximum atomic E-state index is 12.3. The normalized spacial score (nSPS) is 16.1. The molecule has 7 heteroatoms. The van der Waals surface area contributed by atoms with E-state index in [0.29, 0.717) is 11.3 Å². The van der Waals surface area contributed by atoms with Crippen molar-refractivity contribution < 1.29 is 24.2 Å². The number of nitrogens with one attached hydrogen (secondary N) is 2. The van der Waals surface area contributed by atoms with E-state index in [1.54, 1.807) is 31.2 Å². The van der Waals surface area contributed by atoms with E-state index in [2.05, 4.69) is 10.6 Å². The molecule has 0 radical (unpaired) electrons. The maximum Gasteiger partial charge on any atom is 0.305 e. The van der Waals surface area contributed by atoms with Gasteiger partial charge in [-0.2, -0.15) is 0 Å². The molecule has 1 atom stereocenters. The fourth-order valence-corrected chi connectivity index (χ4v) is 2.42. The van der Waals surface area contributed by atoms with Crippen LogP contribution in [0.5, 0.6) is 0 Å². The van der Waals surface area contributed by atoms with Crippen LogP contribution in [0, 0.1) is 5.92 Å². The Morgan fingerprint density at radius 1 is 1.25 bits per heavy atom. The van der Waals surface area contributed by atoms with Gasteiger partial charge >= 0.3 is 5.97 Å². The summed E-state index contributed by atoms with van der Waals surface area (Å²) in [5, 5.41) is 14.5. The first kappa shape index (κ1) is 17.9. The Labute approximate surface area is 140 Å². The van der Waals surface area contributed by atoms with Gasteiger partial charge in [-0.25, -0.2) is 0 Å². The molecule has 24 heavy (non-hydrogen) atoms. The van der Waals surface area contributed by atoms with Crippen molar-refractivity contribution in [3.8, 4) is 0 Å². The topological polar surface area (TPSA) is 105 Å². The van der Waals surface area contributed by atoms with Gasteiger partial charge in [0.1, 0.15) is 0 Å². The Kier molecular flexibility index (Phi) is 5.56. The lowest BCUT2D eigenvalue weighted by Gasteiger charge is -2.28. The van der Waals surface area contributed by atoms with Crippen molar-refractivity contribution in [1.29, 1.82) is 0 Å².